The summed E-state index contributed by atoms with van der Waals surface area (Å²) in [6.07, 6.45) is 0. The number of benzene rings is 3. The second-order valence-electron chi connectivity index (χ2n) is 9.21. The molecule has 1 unspecified atom stereocenters. The number of hydrogen-bond donors (Lipinski definition) is 3. The van der Waals surface area contributed by atoms with Crippen LogP contribution in [0.3, 0.4) is 0 Å². The van der Waals surface area contributed by atoms with Crippen molar-refractivity contribution < 1.29 is 24.3 Å². The molecule has 0 saturated heterocycles. The Morgan fingerprint density at radius 3 is 2.34 bits per heavy atom. The number of fused-ring (bicyclic) bond motifs is 3. The number of carboxylic acid groups (broad SMARTS) is 1. The SMILES string of the molecule is C[C@H](NC(=O)c1cccc2c1SCc1c(C(=O)C(C#N)C(=O)Nc3ccccc3)nn(-c3ccccc3)c1-2)C(=O)O. The molecule has 0 saturated carbocycles. The summed E-state index contributed by atoms with van der Waals surface area (Å²) < 4.78 is 1.58. The second-order valence-corrected chi connectivity index (χ2v) is 10.2. The van der Waals surface area contributed by atoms with Gasteiger partial charge in [0, 0.05) is 27.5 Å². The molecule has 3 aromatic carbocycles. The number of carboxylic acids is 1. The quantitative estimate of drug-likeness (QED) is 0.211. The summed E-state index contributed by atoms with van der Waals surface area (Å²) in [6, 6.07) is 23.4. The van der Waals surface area contributed by atoms with Gasteiger partial charge in [-0.2, -0.15) is 10.4 Å². The minimum Gasteiger partial charge on any atom is -0.480 e. The number of anilines is 1. The molecule has 0 radical (unpaired) electrons. The number of nitrogens with zero attached hydrogens (tertiary/aromatic N) is 3. The number of aliphatic carboxylic acids is 1. The lowest BCUT2D eigenvalue weighted by molar-refractivity contribution is -0.138. The van der Waals surface area contributed by atoms with E-state index in [4.69, 9.17) is 0 Å². The number of thioether (sulfide) groups is 1. The molecule has 2 amide bonds. The molecule has 2 atom stereocenters. The first-order valence-electron chi connectivity index (χ1n) is 12.6. The van der Waals surface area contributed by atoms with E-state index >= 15 is 0 Å². The number of ketones is 1. The van der Waals surface area contributed by atoms with Gasteiger partial charge >= 0.3 is 5.97 Å². The number of nitriles is 1. The summed E-state index contributed by atoms with van der Waals surface area (Å²) in [5, 5.41) is 28.8. The zero-order chi connectivity index (χ0) is 29.1. The Bertz CT molecular complexity index is 1710. The molecule has 1 aliphatic heterocycles. The summed E-state index contributed by atoms with van der Waals surface area (Å²) in [7, 11) is 0. The van der Waals surface area contributed by atoms with E-state index in [1.807, 2.05) is 24.3 Å². The van der Waals surface area contributed by atoms with Crippen molar-refractivity contribution in [1.82, 2.24) is 15.1 Å². The largest absolute Gasteiger partial charge is 0.480 e. The van der Waals surface area contributed by atoms with E-state index < -0.39 is 35.5 Å². The second kappa shape index (κ2) is 11.5. The van der Waals surface area contributed by atoms with Gasteiger partial charge in [-0.15, -0.1) is 11.8 Å². The normalized spacial score (nSPS) is 13.1. The lowest BCUT2D eigenvalue weighted by Gasteiger charge is -2.21. The predicted octanol–water partition coefficient (Wildman–Crippen LogP) is 4.31. The average Bonchev–Trinajstić information content (AvgIpc) is 3.38. The number of para-hydroxylation sites is 2. The lowest BCUT2D eigenvalue weighted by atomic mass is 9.96. The third-order valence-corrected chi connectivity index (χ3v) is 7.67. The lowest BCUT2D eigenvalue weighted by Crippen LogP contribution is -2.38. The zero-order valence-electron chi connectivity index (χ0n) is 21.7. The summed E-state index contributed by atoms with van der Waals surface area (Å²) >= 11 is 1.29. The van der Waals surface area contributed by atoms with E-state index in [0.717, 1.165) is 0 Å². The molecule has 1 aromatic heterocycles. The maximum absolute atomic E-state index is 13.7. The highest BCUT2D eigenvalue weighted by Gasteiger charge is 2.36. The van der Waals surface area contributed by atoms with Crippen LogP contribution < -0.4 is 10.6 Å². The smallest absolute Gasteiger partial charge is 0.325 e. The summed E-state index contributed by atoms with van der Waals surface area (Å²) in [6.45, 7) is 1.38. The Balaban J connectivity index is 1.59. The topological polar surface area (TPSA) is 154 Å². The third kappa shape index (κ3) is 5.33. The first-order chi connectivity index (χ1) is 19.8. The van der Waals surface area contributed by atoms with Crippen molar-refractivity contribution >= 4 is 41.0 Å². The van der Waals surface area contributed by atoms with Crippen LogP contribution in [0.15, 0.2) is 83.8 Å². The van der Waals surface area contributed by atoms with E-state index in [1.54, 1.807) is 65.3 Å². The highest BCUT2D eigenvalue weighted by molar-refractivity contribution is 7.98. The summed E-state index contributed by atoms with van der Waals surface area (Å²) in [5.74, 6) is -4.61. The first kappa shape index (κ1) is 27.4. The number of hydrogen-bond acceptors (Lipinski definition) is 7. The van der Waals surface area contributed by atoms with Gasteiger partial charge < -0.3 is 15.7 Å². The Labute approximate surface area is 239 Å². The van der Waals surface area contributed by atoms with Gasteiger partial charge in [0.2, 0.25) is 11.7 Å². The van der Waals surface area contributed by atoms with Crippen molar-refractivity contribution in [2.75, 3.05) is 5.32 Å². The van der Waals surface area contributed by atoms with Gasteiger partial charge in [0.15, 0.2) is 5.92 Å². The van der Waals surface area contributed by atoms with Crippen molar-refractivity contribution in [3.05, 3.63) is 95.7 Å². The van der Waals surface area contributed by atoms with E-state index in [9.17, 15) is 29.5 Å². The predicted molar refractivity (Wildman–Crippen MR) is 152 cm³/mol. The van der Waals surface area contributed by atoms with Crippen LogP contribution in [0.1, 0.15) is 33.3 Å². The molecule has 0 aliphatic carbocycles. The molecule has 4 aromatic rings. The number of amides is 2. The van der Waals surface area contributed by atoms with Gasteiger partial charge in [0.1, 0.15) is 11.7 Å². The number of nitrogens with one attached hydrogen (secondary N) is 2. The fraction of sp³-hybridized carbons (Fsp3) is 0.133. The average molecular weight is 566 g/mol. The minimum absolute atomic E-state index is 0.00822. The first-order valence-corrected chi connectivity index (χ1v) is 13.6. The highest BCUT2D eigenvalue weighted by atomic mass is 32.2. The number of Topliss-reactive ketones (excluding diaryl/α,β-unsaturated/α-hetero) is 1. The van der Waals surface area contributed by atoms with Crippen LogP contribution in [0, 0.1) is 17.2 Å². The van der Waals surface area contributed by atoms with Crippen molar-refractivity contribution in [3.63, 3.8) is 0 Å². The number of carbonyl (C=O) groups is 4. The van der Waals surface area contributed by atoms with E-state index in [0.29, 0.717) is 33.1 Å². The van der Waals surface area contributed by atoms with Crippen LogP contribution in [0.5, 0.6) is 0 Å². The zero-order valence-corrected chi connectivity index (χ0v) is 22.5. The molecular formula is C30H23N5O5S. The fourth-order valence-corrected chi connectivity index (χ4v) is 5.66. The number of rotatable bonds is 8. The Morgan fingerprint density at radius 1 is 1.00 bits per heavy atom. The standard InChI is InChI=1S/C30H23N5O5S/c1-17(30(39)40)32-28(37)21-14-8-13-20-25-23(16-41-27(20)21)24(34-35(25)19-11-6-3-7-12-19)26(36)22(15-31)29(38)33-18-9-4-2-5-10-18/h2-14,17,22H,16H2,1H3,(H,32,37)(H,33,38)(H,39,40)/t17-,22?/m0/s1. The molecule has 41 heavy (non-hydrogen) atoms. The van der Waals surface area contributed by atoms with Crippen molar-refractivity contribution in [2.45, 2.75) is 23.6 Å². The van der Waals surface area contributed by atoms with Crippen LogP contribution in [-0.4, -0.2) is 44.5 Å². The molecule has 204 valence electrons. The van der Waals surface area contributed by atoms with Crippen LogP contribution in [0.4, 0.5) is 5.69 Å². The fourth-order valence-electron chi connectivity index (χ4n) is 4.46. The van der Waals surface area contributed by atoms with E-state index in [-0.39, 0.29) is 17.0 Å². The minimum atomic E-state index is -1.64. The van der Waals surface area contributed by atoms with E-state index in [2.05, 4.69) is 15.7 Å². The number of aromatic nitrogens is 2. The van der Waals surface area contributed by atoms with Crippen LogP contribution >= 0.6 is 11.8 Å². The van der Waals surface area contributed by atoms with Gasteiger partial charge in [-0.3, -0.25) is 19.2 Å². The molecule has 5 rings (SSSR count). The maximum atomic E-state index is 13.7. The van der Waals surface area contributed by atoms with Crippen molar-refractivity contribution in [3.8, 4) is 23.0 Å². The molecular weight excluding hydrogens is 542 g/mol. The summed E-state index contributed by atoms with van der Waals surface area (Å²) in [4.78, 5) is 51.6. The van der Waals surface area contributed by atoms with Crippen LogP contribution in [-0.2, 0) is 15.3 Å². The molecule has 3 N–H and O–H groups in total. The van der Waals surface area contributed by atoms with Gasteiger partial charge in [0.05, 0.1) is 23.0 Å². The molecule has 2 heterocycles. The van der Waals surface area contributed by atoms with Gasteiger partial charge in [-0.05, 0) is 37.3 Å². The Hall–Kier alpha value is -5.21. The Kier molecular flexibility index (Phi) is 7.67. The summed E-state index contributed by atoms with van der Waals surface area (Å²) in [5.41, 5.74) is 3.06. The van der Waals surface area contributed by atoms with Gasteiger partial charge in [-0.25, -0.2) is 4.68 Å². The Morgan fingerprint density at radius 2 is 1.68 bits per heavy atom. The van der Waals surface area contributed by atoms with Crippen molar-refractivity contribution in [2.24, 2.45) is 5.92 Å². The monoisotopic (exact) mass is 565 g/mol. The van der Waals surface area contributed by atoms with Crippen LogP contribution in [0.2, 0.25) is 0 Å². The van der Waals surface area contributed by atoms with Gasteiger partial charge in [0.25, 0.3) is 5.91 Å². The maximum Gasteiger partial charge on any atom is 0.325 e. The van der Waals surface area contributed by atoms with Crippen LogP contribution in [0.25, 0.3) is 16.9 Å². The van der Waals surface area contributed by atoms with Crippen molar-refractivity contribution in [1.29, 1.82) is 5.26 Å². The molecule has 0 fully saturated rings. The van der Waals surface area contributed by atoms with Gasteiger partial charge in [-0.1, -0.05) is 48.5 Å². The third-order valence-electron chi connectivity index (χ3n) is 6.51. The molecule has 11 heteroatoms. The number of carbonyl (C=O) groups excluding carboxylic acids is 3. The highest BCUT2D eigenvalue weighted by Crippen LogP contribution is 2.45. The molecule has 0 bridgehead atoms. The van der Waals surface area contributed by atoms with E-state index in [1.165, 1.54) is 18.7 Å². The molecule has 1 aliphatic rings. The molecule has 0 spiro atoms. The molecule has 10 nitrogen and oxygen atoms in total.